The van der Waals surface area contributed by atoms with E-state index in [9.17, 15) is 8.42 Å². The van der Waals surface area contributed by atoms with Crippen molar-refractivity contribution < 1.29 is 8.42 Å². The maximum atomic E-state index is 10.8. The second kappa shape index (κ2) is 3.53. The SMILES string of the molecule is CN(Cc1cccs1)S(N)(=O)=O. The molecule has 1 aromatic heterocycles. The smallest absolute Gasteiger partial charge is 0.216 e. The molecule has 1 heterocycles. The van der Waals surface area contributed by atoms with Crippen molar-refractivity contribution in [3.05, 3.63) is 22.4 Å². The number of nitrogens with zero attached hydrogens (tertiary/aromatic N) is 1. The third-order valence-electron chi connectivity index (χ3n) is 1.39. The minimum Gasteiger partial charge on any atom is -0.216 e. The zero-order valence-electron chi connectivity index (χ0n) is 6.60. The summed E-state index contributed by atoms with van der Waals surface area (Å²) in [5, 5.41) is 6.79. The Balaban J connectivity index is 2.66. The van der Waals surface area contributed by atoms with Crippen molar-refractivity contribution in [2.75, 3.05) is 7.05 Å². The number of nitrogens with two attached hydrogens (primary N) is 1. The Bertz CT molecular complexity index is 330. The lowest BCUT2D eigenvalue weighted by Crippen LogP contribution is -2.32. The maximum Gasteiger partial charge on any atom is 0.276 e. The van der Waals surface area contributed by atoms with Gasteiger partial charge in [-0.2, -0.15) is 12.7 Å². The molecule has 2 N–H and O–H groups in total. The van der Waals surface area contributed by atoms with Gasteiger partial charge in [-0.1, -0.05) is 6.07 Å². The summed E-state index contributed by atoms with van der Waals surface area (Å²) in [6, 6.07) is 3.74. The number of rotatable bonds is 3. The Kier molecular flexibility index (Phi) is 2.84. The second-order valence-corrected chi connectivity index (χ2v) is 5.07. The topological polar surface area (TPSA) is 63.4 Å². The van der Waals surface area contributed by atoms with E-state index in [1.54, 1.807) is 0 Å². The van der Waals surface area contributed by atoms with Gasteiger partial charge in [0.1, 0.15) is 0 Å². The van der Waals surface area contributed by atoms with Gasteiger partial charge >= 0.3 is 0 Å². The lowest BCUT2D eigenvalue weighted by atomic mass is 10.5. The Morgan fingerprint density at radius 2 is 2.33 bits per heavy atom. The predicted molar refractivity (Wildman–Crippen MR) is 48.9 cm³/mol. The summed E-state index contributed by atoms with van der Waals surface area (Å²) in [6.07, 6.45) is 0. The van der Waals surface area contributed by atoms with Crippen LogP contribution in [-0.4, -0.2) is 19.8 Å². The first-order valence-corrected chi connectivity index (χ1v) is 5.65. The molecule has 68 valence electrons. The normalized spacial score (nSPS) is 12.2. The lowest BCUT2D eigenvalue weighted by molar-refractivity contribution is 0.471. The molecule has 0 radical (unpaired) electrons. The zero-order valence-corrected chi connectivity index (χ0v) is 8.23. The van der Waals surface area contributed by atoms with Crippen LogP contribution in [-0.2, 0) is 16.8 Å². The molecule has 0 spiro atoms. The van der Waals surface area contributed by atoms with Crippen LogP contribution in [0.2, 0.25) is 0 Å². The fraction of sp³-hybridized carbons (Fsp3) is 0.333. The molecule has 0 aliphatic rings. The van der Waals surface area contributed by atoms with E-state index < -0.39 is 10.2 Å². The average Bonchev–Trinajstić information content (AvgIpc) is 2.37. The number of thiophene rings is 1. The van der Waals surface area contributed by atoms with Gasteiger partial charge in [-0.15, -0.1) is 11.3 Å². The molecule has 0 aliphatic carbocycles. The van der Waals surface area contributed by atoms with Gasteiger partial charge in [0, 0.05) is 18.5 Å². The largest absolute Gasteiger partial charge is 0.276 e. The third kappa shape index (κ3) is 2.56. The predicted octanol–water partition coefficient (Wildman–Crippen LogP) is 0.383. The maximum absolute atomic E-state index is 10.8. The van der Waals surface area contributed by atoms with Crippen molar-refractivity contribution in [3.63, 3.8) is 0 Å². The van der Waals surface area contributed by atoms with Crippen molar-refractivity contribution >= 4 is 21.5 Å². The standard InChI is InChI=1S/C6H10N2O2S2/c1-8(12(7,9)10)5-6-3-2-4-11-6/h2-4H,5H2,1H3,(H2,7,9,10). The van der Waals surface area contributed by atoms with E-state index in [4.69, 9.17) is 5.14 Å². The Morgan fingerprint density at radius 1 is 1.67 bits per heavy atom. The van der Waals surface area contributed by atoms with Crippen molar-refractivity contribution in [2.45, 2.75) is 6.54 Å². The Morgan fingerprint density at radius 3 is 2.75 bits per heavy atom. The minimum atomic E-state index is -3.54. The molecule has 0 amide bonds. The molecule has 0 aliphatic heterocycles. The van der Waals surface area contributed by atoms with Crippen LogP contribution in [0, 0.1) is 0 Å². The van der Waals surface area contributed by atoms with E-state index in [0.717, 1.165) is 9.18 Å². The molecule has 1 aromatic rings. The van der Waals surface area contributed by atoms with Gasteiger partial charge < -0.3 is 0 Å². The van der Waals surface area contributed by atoms with E-state index in [0.29, 0.717) is 6.54 Å². The summed E-state index contributed by atoms with van der Waals surface area (Å²) in [4.78, 5) is 0.978. The van der Waals surface area contributed by atoms with Crippen molar-refractivity contribution in [1.82, 2.24) is 4.31 Å². The van der Waals surface area contributed by atoms with E-state index in [2.05, 4.69) is 0 Å². The fourth-order valence-electron chi connectivity index (χ4n) is 0.712. The van der Waals surface area contributed by atoms with Gasteiger partial charge in [0.25, 0.3) is 10.2 Å². The molecule has 0 aromatic carbocycles. The average molecular weight is 206 g/mol. The zero-order chi connectivity index (χ0) is 9.19. The first kappa shape index (κ1) is 9.66. The molecular weight excluding hydrogens is 196 g/mol. The summed E-state index contributed by atoms with van der Waals surface area (Å²) in [6.45, 7) is 0.344. The molecule has 0 bridgehead atoms. The van der Waals surface area contributed by atoms with Crippen LogP contribution in [0.1, 0.15) is 4.88 Å². The van der Waals surface area contributed by atoms with E-state index >= 15 is 0 Å². The molecule has 12 heavy (non-hydrogen) atoms. The number of hydrogen-bond acceptors (Lipinski definition) is 3. The van der Waals surface area contributed by atoms with Crippen LogP contribution in [0.4, 0.5) is 0 Å². The third-order valence-corrected chi connectivity index (χ3v) is 3.25. The molecule has 0 saturated carbocycles. The molecule has 0 unspecified atom stereocenters. The molecule has 1 rings (SSSR count). The molecule has 0 fully saturated rings. The molecule has 4 nitrogen and oxygen atoms in total. The first-order chi connectivity index (χ1) is 5.50. The second-order valence-electron chi connectivity index (χ2n) is 2.38. The quantitative estimate of drug-likeness (QED) is 0.777. The van der Waals surface area contributed by atoms with Gasteiger partial charge in [0.15, 0.2) is 0 Å². The highest BCUT2D eigenvalue weighted by Gasteiger charge is 2.11. The minimum absolute atomic E-state index is 0.344. The highest BCUT2D eigenvalue weighted by Crippen LogP contribution is 2.11. The lowest BCUT2D eigenvalue weighted by Gasteiger charge is -2.11. The van der Waals surface area contributed by atoms with Crippen LogP contribution in [0.15, 0.2) is 17.5 Å². The van der Waals surface area contributed by atoms with Gasteiger partial charge in [-0.3, -0.25) is 0 Å². The summed E-state index contributed by atoms with van der Waals surface area (Å²) in [5.41, 5.74) is 0. The van der Waals surface area contributed by atoms with Crippen LogP contribution in [0.5, 0.6) is 0 Å². The molecule has 6 heteroatoms. The molecule has 0 saturated heterocycles. The Hall–Kier alpha value is -0.430. The highest BCUT2D eigenvalue weighted by atomic mass is 32.2. The van der Waals surface area contributed by atoms with E-state index in [-0.39, 0.29) is 0 Å². The van der Waals surface area contributed by atoms with Crippen molar-refractivity contribution in [3.8, 4) is 0 Å². The first-order valence-electron chi connectivity index (χ1n) is 3.26. The fourth-order valence-corrected chi connectivity index (χ4v) is 1.87. The summed E-state index contributed by atoms with van der Waals surface area (Å²) in [5.74, 6) is 0. The number of hydrogen-bond donors (Lipinski definition) is 1. The highest BCUT2D eigenvalue weighted by molar-refractivity contribution is 7.86. The summed E-state index contributed by atoms with van der Waals surface area (Å²) >= 11 is 1.51. The summed E-state index contributed by atoms with van der Waals surface area (Å²) < 4.78 is 22.6. The van der Waals surface area contributed by atoms with E-state index in [1.807, 2.05) is 17.5 Å². The van der Waals surface area contributed by atoms with E-state index in [1.165, 1.54) is 18.4 Å². The van der Waals surface area contributed by atoms with Gasteiger partial charge in [-0.25, -0.2) is 5.14 Å². The summed E-state index contributed by atoms with van der Waals surface area (Å²) in [7, 11) is -2.09. The monoisotopic (exact) mass is 206 g/mol. The molecular formula is C6H10N2O2S2. The van der Waals surface area contributed by atoms with Crippen molar-refractivity contribution in [2.24, 2.45) is 5.14 Å². The van der Waals surface area contributed by atoms with Gasteiger partial charge in [-0.05, 0) is 11.4 Å². The van der Waals surface area contributed by atoms with Gasteiger partial charge in [0.05, 0.1) is 0 Å². The van der Waals surface area contributed by atoms with Gasteiger partial charge in [0.2, 0.25) is 0 Å². The van der Waals surface area contributed by atoms with Crippen LogP contribution in [0.3, 0.4) is 0 Å². The van der Waals surface area contributed by atoms with Crippen molar-refractivity contribution in [1.29, 1.82) is 0 Å². The Labute approximate surface area is 75.8 Å². The molecule has 0 atom stereocenters. The van der Waals surface area contributed by atoms with Crippen LogP contribution < -0.4 is 5.14 Å². The van der Waals surface area contributed by atoms with Crippen LogP contribution >= 0.6 is 11.3 Å². The van der Waals surface area contributed by atoms with Crippen LogP contribution in [0.25, 0.3) is 0 Å².